The Morgan fingerprint density at radius 1 is 0.654 bits per heavy atom. The number of rotatable bonds is 6. The molecule has 8 aromatic rings. The molecule has 5 nitrogen and oxygen atoms in total. The normalized spacial score (nSPS) is 11.9. The van der Waals surface area contributed by atoms with E-state index in [2.05, 4.69) is 168 Å². The third-order valence-corrected chi connectivity index (χ3v) is 9.41. The predicted octanol–water partition coefficient (Wildman–Crippen LogP) is 10.7. The zero-order valence-corrected chi connectivity index (χ0v) is 32.5. The van der Waals surface area contributed by atoms with Crippen molar-refractivity contribution in [2.75, 3.05) is 0 Å². The summed E-state index contributed by atoms with van der Waals surface area (Å²) in [6.45, 7) is 13.3. The number of nitrogens with zero attached hydrogens (tertiary/aromatic N) is 4. The summed E-state index contributed by atoms with van der Waals surface area (Å²) < 4.78 is 12.8. The van der Waals surface area contributed by atoms with Crippen LogP contribution in [0.15, 0.2) is 134 Å². The molecule has 5 aromatic carbocycles. The van der Waals surface area contributed by atoms with E-state index in [4.69, 9.17) is 9.72 Å². The minimum absolute atomic E-state index is 0. The molecular weight excluding hydrogens is 820 g/mol. The molecule has 0 aliphatic rings. The quantitative estimate of drug-likeness (QED) is 0.123. The van der Waals surface area contributed by atoms with E-state index in [0.29, 0.717) is 11.5 Å². The van der Waals surface area contributed by atoms with Crippen molar-refractivity contribution in [3.63, 3.8) is 0 Å². The zero-order chi connectivity index (χ0) is 35.3. The molecule has 0 saturated carbocycles. The van der Waals surface area contributed by atoms with Gasteiger partial charge < -0.3 is 13.9 Å². The van der Waals surface area contributed by atoms with E-state index in [0.717, 1.165) is 44.6 Å². The molecule has 0 atom stereocenters. The molecule has 8 rings (SSSR count). The van der Waals surface area contributed by atoms with Crippen molar-refractivity contribution in [2.24, 2.45) is 0 Å². The number of para-hydroxylation sites is 1. The van der Waals surface area contributed by atoms with Gasteiger partial charge in [0, 0.05) is 56.7 Å². The Labute approximate surface area is 320 Å². The molecule has 52 heavy (non-hydrogen) atoms. The van der Waals surface area contributed by atoms with Gasteiger partial charge in [0.05, 0.1) is 5.69 Å². The van der Waals surface area contributed by atoms with Gasteiger partial charge in [-0.25, -0.2) is 4.98 Å². The van der Waals surface area contributed by atoms with E-state index in [1.54, 1.807) is 0 Å². The van der Waals surface area contributed by atoms with Gasteiger partial charge in [-0.2, -0.15) is 17.7 Å². The van der Waals surface area contributed by atoms with Crippen molar-refractivity contribution in [1.82, 2.24) is 14.1 Å². The summed E-state index contributed by atoms with van der Waals surface area (Å²) >= 11 is 0. The van der Waals surface area contributed by atoms with Crippen LogP contribution in [0.2, 0.25) is 0 Å². The molecule has 262 valence electrons. The summed E-state index contributed by atoms with van der Waals surface area (Å²) in [6.07, 6.45) is 9.39. The predicted molar refractivity (Wildman–Crippen MR) is 205 cm³/mol. The van der Waals surface area contributed by atoms with Crippen molar-refractivity contribution in [1.29, 1.82) is 0 Å². The van der Waals surface area contributed by atoms with Gasteiger partial charge in [0.25, 0.3) is 6.33 Å². The first-order valence-corrected chi connectivity index (χ1v) is 17.4. The Hall–Kier alpha value is -5.25. The van der Waals surface area contributed by atoms with Gasteiger partial charge in [-0.05, 0) is 68.9 Å². The fourth-order valence-electron chi connectivity index (χ4n) is 6.48. The van der Waals surface area contributed by atoms with Crippen LogP contribution in [-0.4, -0.2) is 14.1 Å². The number of fused-ring (bicyclic) bond motifs is 3. The van der Waals surface area contributed by atoms with Gasteiger partial charge in [-0.15, -0.1) is 29.7 Å². The number of aromatic nitrogens is 4. The Balaban J connectivity index is 0.00000420. The summed E-state index contributed by atoms with van der Waals surface area (Å²) in [5, 5.41) is 2.24. The number of benzene rings is 5. The van der Waals surface area contributed by atoms with E-state index >= 15 is 0 Å². The standard InChI is InChI=1S/C46H40N4O.Pt/c1-45(2,3)34-22-23-47-44(28-34)50-42-15-11-10-14-40(42)41-21-20-38(30-43(41)50)51-39-27-35(46(4,5)6)26-37(29-39)49-25-24-48(31-49)36-18-16-33(17-19-36)32-12-8-7-9-13-32;/h7-28H,1-6H3;/q-2;. The molecule has 0 radical (unpaired) electrons. The molecule has 0 N–H and O–H groups in total. The summed E-state index contributed by atoms with van der Waals surface area (Å²) in [4.78, 5) is 4.82. The minimum atomic E-state index is -0.123. The monoisotopic (exact) mass is 859 g/mol. The first-order chi connectivity index (χ1) is 24.5. The van der Waals surface area contributed by atoms with E-state index < -0.39 is 0 Å². The second-order valence-electron chi connectivity index (χ2n) is 15.1. The number of hydrogen-bond donors (Lipinski definition) is 0. The molecule has 0 amide bonds. The van der Waals surface area contributed by atoms with Gasteiger partial charge in [0.15, 0.2) is 0 Å². The Morgan fingerprint density at radius 3 is 2.12 bits per heavy atom. The molecule has 0 aliphatic heterocycles. The van der Waals surface area contributed by atoms with Gasteiger partial charge in [-0.3, -0.25) is 4.57 Å². The van der Waals surface area contributed by atoms with Crippen LogP contribution in [0.5, 0.6) is 11.5 Å². The molecule has 0 saturated heterocycles. The molecule has 3 aromatic heterocycles. The molecular formula is C46H40N4OPt-2. The van der Waals surface area contributed by atoms with Crippen molar-refractivity contribution in [3.8, 4) is 39.8 Å². The van der Waals surface area contributed by atoms with Crippen LogP contribution in [0.4, 0.5) is 0 Å². The second-order valence-corrected chi connectivity index (χ2v) is 15.1. The minimum Gasteiger partial charge on any atom is -0.510 e. The first-order valence-electron chi connectivity index (χ1n) is 17.4. The smallest absolute Gasteiger partial charge is 0.267 e. The third-order valence-electron chi connectivity index (χ3n) is 9.41. The van der Waals surface area contributed by atoms with E-state index in [1.807, 2.05) is 39.9 Å². The average Bonchev–Trinajstić information content (AvgIpc) is 3.75. The Morgan fingerprint density at radius 2 is 1.37 bits per heavy atom. The maximum absolute atomic E-state index is 6.62. The fourth-order valence-corrected chi connectivity index (χ4v) is 6.48. The maximum atomic E-state index is 6.62. The van der Waals surface area contributed by atoms with Gasteiger partial charge in [0.2, 0.25) is 0 Å². The van der Waals surface area contributed by atoms with Crippen molar-refractivity contribution < 1.29 is 30.4 Å². The van der Waals surface area contributed by atoms with Crippen LogP contribution in [0.1, 0.15) is 52.7 Å². The van der Waals surface area contributed by atoms with Crippen LogP contribution >= 0.6 is 0 Å². The van der Waals surface area contributed by atoms with E-state index in [9.17, 15) is 0 Å². The van der Waals surface area contributed by atoms with Crippen LogP contribution in [-0.2, 0) is 31.9 Å². The zero-order valence-electron chi connectivity index (χ0n) is 30.2. The summed E-state index contributed by atoms with van der Waals surface area (Å²) in [5.41, 5.74) is 8.45. The van der Waals surface area contributed by atoms with Gasteiger partial charge in [-0.1, -0.05) is 108 Å². The van der Waals surface area contributed by atoms with Crippen LogP contribution < -0.4 is 9.30 Å². The Kier molecular flexibility index (Phi) is 9.27. The van der Waals surface area contributed by atoms with E-state index in [-0.39, 0.29) is 31.9 Å². The number of pyridine rings is 1. The van der Waals surface area contributed by atoms with Crippen LogP contribution in [0.25, 0.3) is 50.1 Å². The third kappa shape index (κ3) is 6.86. The van der Waals surface area contributed by atoms with E-state index in [1.165, 1.54) is 16.7 Å². The van der Waals surface area contributed by atoms with Crippen LogP contribution in [0, 0.1) is 18.5 Å². The molecule has 0 bridgehead atoms. The summed E-state index contributed by atoms with van der Waals surface area (Å²) in [6, 6.07) is 47.1. The maximum Gasteiger partial charge on any atom is 0.267 e. The molecule has 0 unspecified atom stereocenters. The summed E-state index contributed by atoms with van der Waals surface area (Å²) in [7, 11) is 0. The molecule has 0 spiro atoms. The molecule has 0 fully saturated rings. The molecule has 6 heteroatoms. The van der Waals surface area contributed by atoms with Gasteiger partial charge in [0.1, 0.15) is 5.82 Å². The first kappa shape index (κ1) is 35.2. The largest absolute Gasteiger partial charge is 0.510 e. The molecule has 0 aliphatic carbocycles. The van der Waals surface area contributed by atoms with Crippen LogP contribution in [0.3, 0.4) is 0 Å². The second kappa shape index (κ2) is 13.7. The topological polar surface area (TPSA) is 35.9 Å². The fraction of sp³-hybridized carbons (Fsp3) is 0.174. The average molecular weight is 860 g/mol. The summed E-state index contributed by atoms with van der Waals surface area (Å²) in [5.74, 6) is 2.08. The Bertz CT molecular complexity index is 2520. The van der Waals surface area contributed by atoms with Crippen molar-refractivity contribution in [3.05, 3.63) is 163 Å². The van der Waals surface area contributed by atoms with Gasteiger partial charge >= 0.3 is 0 Å². The number of imidazole rings is 1. The van der Waals surface area contributed by atoms with Crippen molar-refractivity contribution in [2.45, 2.75) is 52.4 Å². The number of hydrogen-bond acceptors (Lipinski definition) is 2. The molecule has 3 heterocycles. The van der Waals surface area contributed by atoms with Crippen molar-refractivity contribution >= 4 is 21.8 Å². The number of ether oxygens (including phenoxy) is 1. The SMILES string of the molecule is CC(C)(C)c1cc(Oc2[c-]c3c(cc2)c2ccccc2n3-c2cc(C(C)(C)C)ccn2)[c-]c(-n2[c-][n+](-c3ccc(-c4ccccc4)cc3)cc2)c1.[Pt].